The zero-order valence-corrected chi connectivity index (χ0v) is 32.2. The molecule has 251 valence electrons. The molecule has 0 aliphatic heterocycles. The van der Waals surface area contributed by atoms with Crippen LogP contribution in [0.1, 0.15) is 0 Å². The molecule has 0 aromatic heterocycles. The molecule has 8 rings (SSSR count). The van der Waals surface area contributed by atoms with Crippen LogP contribution in [0.3, 0.4) is 0 Å². The summed E-state index contributed by atoms with van der Waals surface area (Å²) >= 11 is 0. The van der Waals surface area contributed by atoms with E-state index in [1.54, 1.807) is 0 Å². The van der Waals surface area contributed by atoms with Crippen LogP contribution in [0.25, 0.3) is 32.7 Å². The summed E-state index contributed by atoms with van der Waals surface area (Å²) in [7, 11) is -1.70. The van der Waals surface area contributed by atoms with Crippen LogP contribution in [0.2, 0.25) is 0 Å². The molecule has 3 radical (unpaired) electrons. The molecule has 8 aromatic carbocycles. The molecule has 8 aromatic rings. The van der Waals surface area contributed by atoms with E-state index in [1.807, 2.05) is 0 Å². The van der Waals surface area contributed by atoms with Gasteiger partial charge < -0.3 is 12.4 Å². The normalized spacial score (nSPS) is 10.7. The predicted octanol–water partition coefficient (Wildman–Crippen LogP) is 7.04. The van der Waals surface area contributed by atoms with Crippen molar-refractivity contribution >= 4 is 69.2 Å². The minimum atomic E-state index is -0.852. The van der Waals surface area contributed by atoms with Crippen LogP contribution in [0, 0.1) is 20.3 Å². The Morgan fingerprint density at radius 3 is 0.882 bits per heavy atom. The van der Waals surface area contributed by atoms with Crippen molar-refractivity contribution in [3.05, 3.63) is 214 Å². The van der Waals surface area contributed by atoms with Crippen molar-refractivity contribution in [1.29, 1.82) is 0 Å². The summed E-state index contributed by atoms with van der Waals surface area (Å²) in [4.78, 5) is 0. The third-order valence-corrected chi connectivity index (χ3v) is 13.6. The van der Waals surface area contributed by atoms with Gasteiger partial charge in [-0.15, -0.1) is 0 Å². The van der Waals surface area contributed by atoms with Crippen LogP contribution < -0.4 is 44.2 Å². The molecule has 0 saturated heterocycles. The molecular weight excluding hydrogens is 768 g/mol. The zero-order chi connectivity index (χ0) is 33.4. The summed E-state index contributed by atoms with van der Waals surface area (Å²) in [5.41, 5.74) is 2.70. The minimum Gasteiger partial charge on any atom is -1.00 e. The SMILES string of the molecule is [CH2][CH][CH2].[Cl-].[Pd+2].c1ccc(P(c2ccccc2)c2ccc3ccccc3c2-c2c(P(c3ccccc3)c3ccccc3)ccc3ccccc23)cc1. The summed E-state index contributed by atoms with van der Waals surface area (Å²) in [5.74, 6) is 0. The molecule has 0 atom stereocenters. The maximum Gasteiger partial charge on any atom is 2.00 e. The molecular formula is C47H37ClP2Pd+. The number of hydrogen-bond donors (Lipinski definition) is 0. The Balaban J connectivity index is 0.000000975. The maximum absolute atomic E-state index is 3.25. The van der Waals surface area contributed by atoms with Crippen LogP contribution in [0.15, 0.2) is 194 Å². The van der Waals surface area contributed by atoms with E-state index in [4.69, 9.17) is 0 Å². The Bertz CT molecular complexity index is 2030. The minimum absolute atomic E-state index is 0. The average Bonchev–Trinajstić information content (AvgIpc) is 3.17. The summed E-state index contributed by atoms with van der Waals surface area (Å²) in [6.45, 7) is 6.50. The standard InChI is InChI=1S/C44H32P2.C3H5.ClH.Pd/c1-5-19-35(20-6-1)45(36-21-7-2-8-22-36)41-31-29-33-17-13-15-27-39(33)43(41)44-40-28-16-14-18-34(40)30-32-42(44)46(37-23-9-3-10-24-37)38-25-11-4-12-26-38;1-3-2;;/h1-32H;3H,1-2H2;1H;/q;;;+2/p-1. The van der Waals surface area contributed by atoms with Gasteiger partial charge in [0, 0.05) is 0 Å². The first-order chi connectivity index (χ1) is 24.3. The predicted molar refractivity (Wildman–Crippen MR) is 219 cm³/mol. The van der Waals surface area contributed by atoms with Crippen LogP contribution in [0.5, 0.6) is 0 Å². The van der Waals surface area contributed by atoms with Crippen LogP contribution in [-0.4, -0.2) is 0 Å². The van der Waals surface area contributed by atoms with E-state index in [2.05, 4.69) is 208 Å². The van der Waals surface area contributed by atoms with Gasteiger partial charge in [-0.2, -0.15) is 0 Å². The van der Waals surface area contributed by atoms with E-state index in [1.165, 1.54) is 70.9 Å². The quantitative estimate of drug-likeness (QED) is 0.120. The van der Waals surface area contributed by atoms with Gasteiger partial charge in [-0.1, -0.05) is 194 Å². The number of hydrogen-bond acceptors (Lipinski definition) is 0. The molecule has 0 unspecified atom stereocenters. The van der Waals surface area contributed by atoms with Crippen molar-refractivity contribution in [2.75, 3.05) is 0 Å². The van der Waals surface area contributed by atoms with Crippen LogP contribution in [-0.2, 0) is 20.4 Å². The van der Waals surface area contributed by atoms with E-state index < -0.39 is 15.8 Å². The Hall–Kier alpha value is -3.91. The fourth-order valence-electron chi connectivity index (χ4n) is 6.58. The van der Waals surface area contributed by atoms with Gasteiger partial charge in [-0.05, 0) is 101 Å². The van der Waals surface area contributed by atoms with Crippen molar-refractivity contribution in [2.24, 2.45) is 0 Å². The Morgan fingerprint density at radius 1 is 0.333 bits per heavy atom. The largest absolute Gasteiger partial charge is 2.00 e. The molecule has 0 N–H and O–H groups in total. The topological polar surface area (TPSA) is 0 Å². The van der Waals surface area contributed by atoms with Crippen LogP contribution >= 0.6 is 15.8 Å². The van der Waals surface area contributed by atoms with E-state index in [-0.39, 0.29) is 32.8 Å². The second-order valence-corrected chi connectivity index (χ2v) is 16.0. The first-order valence-electron chi connectivity index (χ1n) is 16.5. The third kappa shape index (κ3) is 8.27. The Labute approximate surface area is 325 Å². The Kier molecular flexibility index (Phi) is 13.9. The average molecular weight is 806 g/mol. The molecule has 4 heteroatoms. The molecule has 0 heterocycles. The molecule has 0 fully saturated rings. The zero-order valence-electron chi connectivity index (χ0n) is 28.1. The van der Waals surface area contributed by atoms with Gasteiger partial charge in [0.2, 0.25) is 0 Å². The number of rotatable bonds is 7. The summed E-state index contributed by atoms with van der Waals surface area (Å²) < 4.78 is 0. The van der Waals surface area contributed by atoms with Crippen molar-refractivity contribution < 1.29 is 32.8 Å². The molecule has 0 saturated carbocycles. The first kappa shape index (κ1) is 38.3. The van der Waals surface area contributed by atoms with Crippen molar-refractivity contribution in [3.8, 4) is 11.1 Å². The third-order valence-electron chi connectivity index (χ3n) is 8.60. The summed E-state index contributed by atoms with van der Waals surface area (Å²) in [6.07, 6.45) is 1.50. The summed E-state index contributed by atoms with van der Waals surface area (Å²) in [5, 5.41) is 13.3. The van der Waals surface area contributed by atoms with Gasteiger partial charge >= 0.3 is 20.4 Å². The molecule has 0 aliphatic carbocycles. The van der Waals surface area contributed by atoms with Crippen molar-refractivity contribution in [2.45, 2.75) is 0 Å². The molecule has 0 nitrogen and oxygen atoms in total. The summed E-state index contributed by atoms with van der Waals surface area (Å²) in [6, 6.07) is 71.8. The van der Waals surface area contributed by atoms with Gasteiger partial charge in [0.05, 0.1) is 0 Å². The van der Waals surface area contributed by atoms with Gasteiger partial charge in [0.25, 0.3) is 0 Å². The van der Waals surface area contributed by atoms with Crippen LogP contribution in [0.4, 0.5) is 0 Å². The molecule has 0 amide bonds. The second-order valence-electron chi connectivity index (χ2n) is 11.7. The molecule has 0 bridgehead atoms. The van der Waals surface area contributed by atoms with E-state index in [9.17, 15) is 0 Å². The van der Waals surface area contributed by atoms with E-state index in [0.717, 1.165) is 0 Å². The second kappa shape index (κ2) is 18.5. The number of fused-ring (bicyclic) bond motifs is 2. The fourth-order valence-corrected chi connectivity index (χ4v) is 11.5. The Morgan fingerprint density at radius 2 is 0.588 bits per heavy atom. The van der Waals surface area contributed by atoms with Crippen molar-refractivity contribution in [1.82, 2.24) is 0 Å². The van der Waals surface area contributed by atoms with E-state index in [0.29, 0.717) is 0 Å². The van der Waals surface area contributed by atoms with E-state index >= 15 is 0 Å². The van der Waals surface area contributed by atoms with Crippen molar-refractivity contribution in [3.63, 3.8) is 0 Å². The number of halogens is 1. The number of benzene rings is 8. The molecule has 51 heavy (non-hydrogen) atoms. The first-order valence-corrected chi connectivity index (χ1v) is 19.2. The molecule has 0 aliphatic rings. The van der Waals surface area contributed by atoms with Gasteiger partial charge in [-0.3, -0.25) is 0 Å². The van der Waals surface area contributed by atoms with Gasteiger partial charge in [-0.25, -0.2) is 0 Å². The fraction of sp³-hybridized carbons (Fsp3) is 0. The monoisotopic (exact) mass is 804 g/mol. The van der Waals surface area contributed by atoms with Gasteiger partial charge in [0.15, 0.2) is 0 Å². The smallest absolute Gasteiger partial charge is 1.00 e. The van der Waals surface area contributed by atoms with Gasteiger partial charge in [0.1, 0.15) is 0 Å². The molecule has 0 spiro atoms. The maximum atomic E-state index is 3.25.